The third-order valence-corrected chi connectivity index (χ3v) is 4.54. The van der Waals surface area contributed by atoms with Crippen molar-refractivity contribution in [1.82, 2.24) is 4.98 Å². The van der Waals surface area contributed by atoms with Crippen LogP contribution >= 0.6 is 7.60 Å². The topological polar surface area (TPSA) is 98.1 Å². The summed E-state index contributed by atoms with van der Waals surface area (Å²) in [4.78, 5) is 23.3. The van der Waals surface area contributed by atoms with Crippen LogP contribution in [0.5, 0.6) is 17.2 Å². The van der Waals surface area contributed by atoms with E-state index >= 15 is 0 Å². The van der Waals surface area contributed by atoms with Crippen molar-refractivity contribution in [2.24, 2.45) is 0 Å². The van der Waals surface area contributed by atoms with E-state index in [-0.39, 0.29) is 11.7 Å². The lowest BCUT2D eigenvalue weighted by molar-refractivity contribution is 0.324. The highest BCUT2D eigenvalue weighted by Crippen LogP contribution is 2.48. The second-order valence-electron chi connectivity index (χ2n) is 5.18. The number of ether oxygens (including phenoxy) is 3. The van der Waals surface area contributed by atoms with Crippen molar-refractivity contribution in [2.45, 2.75) is 6.42 Å². The summed E-state index contributed by atoms with van der Waals surface area (Å²) >= 11 is 0. The van der Waals surface area contributed by atoms with Crippen LogP contribution in [0.4, 0.5) is 0 Å². The van der Waals surface area contributed by atoms with E-state index in [1.165, 1.54) is 27.4 Å². The molecule has 0 aliphatic carbocycles. The van der Waals surface area contributed by atoms with Crippen LogP contribution in [0.1, 0.15) is 11.1 Å². The van der Waals surface area contributed by atoms with Gasteiger partial charge in [0.2, 0.25) is 5.75 Å². The normalized spacial score (nSPS) is 12.0. The van der Waals surface area contributed by atoms with E-state index in [1.807, 2.05) is 0 Å². The second-order valence-corrected chi connectivity index (χ2v) is 6.84. The first-order valence-electron chi connectivity index (χ1n) is 7.34. The number of aromatic nitrogens is 1. The number of methoxy groups -OCH3 is 3. The summed E-state index contributed by atoms with van der Waals surface area (Å²) in [5.74, 6) is 1.21. The molecule has 8 heteroatoms. The molecule has 2 rings (SSSR count). The Bertz CT molecular complexity index is 775. The van der Waals surface area contributed by atoms with Gasteiger partial charge in [0.15, 0.2) is 11.5 Å². The van der Waals surface area contributed by atoms with Crippen LogP contribution in [0.25, 0.3) is 6.08 Å². The van der Waals surface area contributed by atoms with Gasteiger partial charge in [0, 0.05) is 24.1 Å². The van der Waals surface area contributed by atoms with E-state index < -0.39 is 7.60 Å². The Morgan fingerprint density at radius 2 is 1.80 bits per heavy atom. The summed E-state index contributed by atoms with van der Waals surface area (Å²) < 4.78 is 27.7. The molecular formula is C17H20NO6P. The van der Waals surface area contributed by atoms with Gasteiger partial charge >= 0.3 is 7.60 Å². The minimum atomic E-state index is -4.45. The van der Waals surface area contributed by atoms with E-state index in [0.29, 0.717) is 28.4 Å². The minimum Gasteiger partial charge on any atom is -0.493 e. The fourth-order valence-electron chi connectivity index (χ4n) is 2.33. The molecule has 0 amide bonds. The summed E-state index contributed by atoms with van der Waals surface area (Å²) in [6.07, 6.45) is 4.68. The van der Waals surface area contributed by atoms with Gasteiger partial charge in [-0.05, 0) is 35.4 Å². The molecular weight excluding hydrogens is 345 g/mol. The number of rotatable bonds is 7. The van der Waals surface area contributed by atoms with Crippen molar-refractivity contribution >= 4 is 13.7 Å². The summed E-state index contributed by atoms with van der Waals surface area (Å²) in [5.41, 5.74) is 1.22. The highest BCUT2D eigenvalue weighted by atomic mass is 31.2. The van der Waals surface area contributed by atoms with Crippen LogP contribution in [-0.4, -0.2) is 36.1 Å². The lowest BCUT2D eigenvalue weighted by Gasteiger charge is -2.14. The van der Waals surface area contributed by atoms with E-state index in [9.17, 15) is 14.4 Å². The van der Waals surface area contributed by atoms with Crippen LogP contribution in [0.3, 0.4) is 0 Å². The minimum absolute atomic E-state index is 0.0326. The molecule has 2 aromatic rings. The van der Waals surface area contributed by atoms with Crippen molar-refractivity contribution in [3.63, 3.8) is 0 Å². The van der Waals surface area contributed by atoms with Gasteiger partial charge in [-0.3, -0.25) is 9.55 Å². The van der Waals surface area contributed by atoms with Crippen molar-refractivity contribution in [3.8, 4) is 17.2 Å². The van der Waals surface area contributed by atoms with Crippen LogP contribution in [0.15, 0.2) is 42.0 Å². The zero-order chi connectivity index (χ0) is 18.4. The molecule has 0 aliphatic rings. The summed E-state index contributed by atoms with van der Waals surface area (Å²) in [7, 11) is -0.0138. The van der Waals surface area contributed by atoms with Gasteiger partial charge in [-0.2, -0.15) is 0 Å². The molecule has 1 heterocycles. The Balaban J connectivity index is 2.51. The average Bonchev–Trinajstić information content (AvgIpc) is 2.60. The summed E-state index contributed by atoms with van der Waals surface area (Å²) in [6.45, 7) is 0. The first-order valence-corrected chi connectivity index (χ1v) is 8.96. The van der Waals surface area contributed by atoms with Gasteiger partial charge in [0.1, 0.15) is 0 Å². The fraction of sp³-hybridized carbons (Fsp3) is 0.235. The molecule has 2 N–H and O–H groups in total. The maximum absolute atomic E-state index is 11.9. The molecule has 0 unspecified atom stereocenters. The zero-order valence-electron chi connectivity index (χ0n) is 14.2. The molecule has 0 saturated carbocycles. The van der Waals surface area contributed by atoms with E-state index in [1.54, 1.807) is 36.7 Å². The van der Waals surface area contributed by atoms with E-state index in [4.69, 9.17) is 14.2 Å². The van der Waals surface area contributed by atoms with Gasteiger partial charge in [-0.15, -0.1) is 0 Å². The van der Waals surface area contributed by atoms with Gasteiger partial charge in [0.25, 0.3) is 0 Å². The smallest absolute Gasteiger partial charge is 0.352 e. The van der Waals surface area contributed by atoms with Gasteiger partial charge in [0.05, 0.1) is 21.3 Å². The van der Waals surface area contributed by atoms with Crippen molar-refractivity contribution < 1.29 is 28.6 Å². The Morgan fingerprint density at radius 1 is 1.16 bits per heavy atom. The van der Waals surface area contributed by atoms with Gasteiger partial charge < -0.3 is 24.0 Å². The number of allylic oxidation sites excluding steroid dienone is 1. The lowest BCUT2D eigenvalue weighted by Crippen LogP contribution is -1.97. The highest BCUT2D eigenvalue weighted by molar-refractivity contribution is 7.56. The highest BCUT2D eigenvalue weighted by Gasteiger charge is 2.22. The quantitative estimate of drug-likeness (QED) is 0.728. The molecule has 0 saturated heterocycles. The van der Waals surface area contributed by atoms with Crippen molar-refractivity contribution in [2.75, 3.05) is 21.3 Å². The lowest BCUT2D eigenvalue weighted by atomic mass is 10.1. The Labute approximate surface area is 146 Å². The first kappa shape index (κ1) is 19.0. The Hall–Kier alpha value is -2.34. The first-order chi connectivity index (χ1) is 11.9. The summed E-state index contributed by atoms with van der Waals surface area (Å²) in [6, 6.07) is 6.72. The van der Waals surface area contributed by atoms with Gasteiger partial charge in [-0.25, -0.2) is 0 Å². The average molecular weight is 365 g/mol. The maximum Gasteiger partial charge on any atom is 0.352 e. The third-order valence-electron chi connectivity index (χ3n) is 3.50. The molecule has 1 aromatic heterocycles. The molecule has 1 aromatic carbocycles. The molecule has 0 spiro atoms. The molecule has 7 nitrogen and oxygen atoms in total. The number of hydrogen-bond donors (Lipinski definition) is 2. The van der Waals surface area contributed by atoms with Crippen LogP contribution < -0.4 is 14.2 Å². The second kappa shape index (κ2) is 8.16. The molecule has 0 fully saturated rings. The van der Waals surface area contributed by atoms with Crippen molar-refractivity contribution in [3.05, 3.63) is 53.1 Å². The predicted molar refractivity (Wildman–Crippen MR) is 94.1 cm³/mol. The van der Waals surface area contributed by atoms with Crippen LogP contribution in [0, 0.1) is 0 Å². The Morgan fingerprint density at radius 3 is 2.24 bits per heavy atom. The molecule has 0 bridgehead atoms. The molecule has 0 atom stereocenters. The predicted octanol–water partition coefficient (Wildman–Crippen LogP) is 2.87. The monoisotopic (exact) mass is 365 g/mol. The zero-order valence-corrected chi connectivity index (χ0v) is 15.1. The van der Waals surface area contributed by atoms with Crippen molar-refractivity contribution in [1.29, 1.82) is 0 Å². The molecule has 25 heavy (non-hydrogen) atoms. The fourth-order valence-corrected chi connectivity index (χ4v) is 3.03. The van der Waals surface area contributed by atoms with Crippen LogP contribution in [-0.2, 0) is 11.0 Å². The molecule has 134 valence electrons. The molecule has 0 aliphatic heterocycles. The van der Waals surface area contributed by atoms with Gasteiger partial charge in [-0.1, -0.05) is 6.07 Å². The molecule has 0 radical (unpaired) electrons. The number of benzene rings is 1. The van der Waals surface area contributed by atoms with Crippen LogP contribution in [0.2, 0.25) is 0 Å². The maximum atomic E-state index is 11.9. The number of hydrogen-bond acceptors (Lipinski definition) is 5. The van der Waals surface area contributed by atoms with E-state index in [0.717, 1.165) is 0 Å². The number of pyridine rings is 1. The SMILES string of the molecule is COc1cc(/C=C(/Cc2cccnc2)P(=O)(O)O)cc(OC)c1OC. The van der Waals surface area contributed by atoms with E-state index in [2.05, 4.69) is 4.98 Å². The standard InChI is InChI=1S/C17H20NO6P/c1-22-15-9-13(10-16(23-2)17(15)24-3)8-14(25(19,20)21)7-12-5-4-6-18-11-12/h4-6,8-11H,7H2,1-3H3,(H2,19,20,21)/b14-8-. The largest absolute Gasteiger partial charge is 0.493 e. The third kappa shape index (κ3) is 4.82. The Kier molecular flexibility index (Phi) is 6.20. The number of nitrogens with zero attached hydrogens (tertiary/aromatic N) is 1. The summed E-state index contributed by atoms with van der Waals surface area (Å²) in [5, 5.41) is -0.0326.